The molecular weight excluding hydrogens is 304 g/mol. The zero-order valence-corrected chi connectivity index (χ0v) is 13.5. The highest BCUT2D eigenvalue weighted by molar-refractivity contribution is 5.94. The molecule has 0 heterocycles. The number of aliphatic hydroxyl groups is 1. The smallest absolute Gasteiger partial charge is 0.251 e. The van der Waals surface area contributed by atoms with E-state index in [1.54, 1.807) is 24.3 Å². The fourth-order valence-corrected chi connectivity index (χ4v) is 2.21. The number of amides is 1. The summed E-state index contributed by atoms with van der Waals surface area (Å²) in [5.41, 5.74) is 2.96. The summed E-state index contributed by atoms with van der Waals surface area (Å²) in [5.74, 6) is -0.247. The third-order valence-corrected chi connectivity index (χ3v) is 3.48. The molecule has 0 saturated heterocycles. The number of nitrogens with one attached hydrogen (secondary N) is 1. The van der Waals surface area contributed by atoms with Gasteiger partial charge in [-0.15, -0.1) is 0 Å². The maximum Gasteiger partial charge on any atom is 0.251 e. The molecule has 0 unspecified atom stereocenters. The molecule has 2 rings (SSSR count). The summed E-state index contributed by atoms with van der Waals surface area (Å²) >= 11 is 0. The van der Waals surface area contributed by atoms with Gasteiger partial charge in [0.2, 0.25) is 0 Å². The minimum absolute atomic E-state index is 0.144. The Hall–Kier alpha value is -2.68. The SMILES string of the molecule is CCOC[C@H](O)CNC(=O)c1ccc(-c2cccc(C#N)c2)cc1. The van der Waals surface area contributed by atoms with Crippen molar-refractivity contribution < 1.29 is 14.6 Å². The van der Waals surface area contributed by atoms with Crippen LogP contribution in [-0.2, 0) is 4.74 Å². The molecule has 0 aliphatic rings. The van der Waals surface area contributed by atoms with Gasteiger partial charge in [-0.2, -0.15) is 5.26 Å². The second-order valence-corrected chi connectivity index (χ2v) is 5.29. The van der Waals surface area contributed by atoms with E-state index in [1.807, 2.05) is 31.2 Å². The Labute approximate surface area is 141 Å². The number of aliphatic hydroxyl groups excluding tert-OH is 1. The Morgan fingerprint density at radius 1 is 1.25 bits per heavy atom. The maximum absolute atomic E-state index is 12.1. The predicted octanol–water partition coefficient (Wildman–Crippen LogP) is 2.35. The van der Waals surface area contributed by atoms with Crippen LogP contribution >= 0.6 is 0 Å². The van der Waals surface area contributed by atoms with Crippen molar-refractivity contribution in [2.75, 3.05) is 19.8 Å². The lowest BCUT2D eigenvalue weighted by atomic mass is 10.0. The highest BCUT2D eigenvalue weighted by atomic mass is 16.5. The van der Waals surface area contributed by atoms with Gasteiger partial charge in [0.05, 0.1) is 24.3 Å². The first kappa shape index (κ1) is 17.7. The minimum Gasteiger partial charge on any atom is -0.389 e. The normalized spacial score (nSPS) is 11.5. The number of nitriles is 1. The lowest BCUT2D eigenvalue weighted by Crippen LogP contribution is -2.34. The molecular formula is C19H20N2O3. The van der Waals surface area contributed by atoms with Crippen molar-refractivity contribution in [3.63, 3.8) is 0 Å². The number of hydrogen-bond acceptors (Lipinski definition) is 4. The van der Waals surface area contributed by atoms with Gasteiger partial charge >= 0.3 is 0 Å². The number of nitrogens with zero attached hydrogens (tertiary/aromatic N) is 1. The number of rotatable bonds is 7. The van der Waals surface area contributed by atoms with Gasteiger partial charge in [-0.25, -0.2) is 0 Å². The van der Waals surface area contributed by atoms with Gasteiger partial charge < -0.3 is 15.2 Å². The lowest BCUT2D eigenvalue weighted by molar-refractivity contribution is 0.0418. The standard InChI is InChI=1S/C19H20N2O3/c1-2-24-13-18(22)12-21-19(23)16-8-6-15(7-9-16)17-5-3-4-14(10-17)11-20/h3-10,18,22H,2,12-13H2,1H3,(H,21,23)/t18-/m1/s1. The van der Waals surface area contributed by atoms with E-state index in [4.69, 9.17) is 10.00 Å². The number of carbonyl (C=O) groups excluding carboxylic acids is 1. The third-order valence-electron chi connectivity index (χ3n) is 3.48. The number of hydrogen-bond donors (Lipinski definition) is 2. The quantitative estimate of drug-likeness (QED) is 0.819. The molecule has 0 aromatic heterocycles. The first-order valence-corrected chi connectivity index (χ1v) is 7.78. The molecule has 0 spiro atoms. The summed E-state index contributed by atoms with van der Waals surface area (Å²) in [5, 5.41) is 21.3. The molecule has 0 aliphatic carbocycles. The van der Waals surface area contributed by atoms with Crippen LogP contribution in [0.4, 0.5) is 0 Å². The Morgan fingerprint density at radius 2 is 2.00 bits per heavy atom. The maximum atomic E-state index is 12.1. The molecule has 1 atom stereocenters. The highest BCUT2D eigenvalue weighted by Crippen LogP contribution is 2.20. The van der Waals surface area contributed by atoms with Crippen molar-refractivity contribution in [1.29, 1.82) is 5.26 Å². The van der Waals surface area contributed by atoms with E-state index < -0.39 is 6.10 Å². The first-order chi connectivity index (χ1) is 11.6. The summed E-state index contributed by atoms with van der Waals surface area (Å²) in [4.78, 5) is 12.1. The van der Waals surface area contributed by atoms with Crippen molar-refractivity contribution in [2.45, 2.75) is 13.0 Å². The Morgan fingerprint density at radius 3 is 2.67 bits per heavy atom. The number of ether oxygens (including phenoxy) is 1. The van der Waals surface area contributed by atoms with E-state index >= 15 is 0 Å². The van der Waals surface area contributed by atoms with Crippen LogP contribution in [0.5, 0.6) is 0 Å². The molecule has 0 bridgehead atoms. The van der Waals surface area contributed by atoms with Crippen LogP contribution in [-0.4, -0.2) is 36.9 Å². The Kier molecular flexibility index (Phi) is 6.50. The van der Waals surface area contributed by atoms with Crippen LogP contribution in [0, 0.1) is 11.3 Å². The topological polar surface area (TPSA) is 82.3 Å². The molecule has 2 aromatic carbocycles. The van der Waals surface area contributed by atoms with Gasteiger partial charge in [-0.3, -0.25) is 4.79 Å². The molecule has 2 N–H and O–H groups in total. The number of benzene rings is 2. The zero-order valence-electron chi connectivity index (χ0n) is 13.5. The predicted molar refractivity (Wildman–Crippen MR) is 91.4 cm³/mol. The van der Waals surface area contributed by atoms with Gasteiger partial charge in [-0.05, 0) is 42.3 Å². The molecule has 5 heteroatoms. The second-order valence-electron chi connectivity index (χ2n) is 5.29. The average Bonchev–Trinajstić information content (AvgIpc) is 2.64. The van der Waals surface area contributed by atoms with E-state index in [0.29, 0.717) is 17.7 Å². The van der Waals surface area contributed by atoms with E-state index in [-0.39, 0.29) is 19.1 Å². The van der Waals surface area contributed by atoms with Gasteiger partial charge in [0, 0.05) is 18.7 Å². The summed E-state index contributed by atoms with van der Waals surface area (Å²) < 4.78 is 5.09. The Balaban J connectivity index is 1.98. The molecule has 24 heavy (non-hydrogen) atoms. The van der Waals surface area contributed by atoms with Gasteiger partial charge in [0.1, 0.15) is 0 Å². The number of carbonyl (C=O) groups is 1. The molecule has 0 fully saturated rings. The fraction of sp³-hybridized carbons (Fsp3) is 0.263. The zero-order chi connectivity index (χ0) is 17.4. The van der Waals surface area contributed by atoms with E-state index in [0.717, 1.165) is 11.1 Å². The van der Waals surface area contributed by atoms with Gasteiger partial charge in [0.15, 0.2) is 0 Å². The lowest BCUT2D eigenvalue weighted by Gasteiger charge is -2.12. The van der Waals surface area contributed by atoms with Crippen LogP contribution in [0.1, 0.15) is 22.8 Å². The van der Waals surface area contributed by atoms with Crippen molar-refractivity contribution in [1.82, 2.24) is 5.32 Å². The fourth-order valence-electron chi connectivity index (χ4n) is 2.21. The van der Waals surface area contributed by atoms with E-state index in [2.05, 4.69) is 11.4 Å². The van der Waals surface area contributed by atoms with Crippen molar-refractivity contribution in [3.8, 4) is 17.2 Å². The van der Waals surface area contributed by atoms with Crippen LogP contribution in [0.2, 0.25) is 0 Å². The molecule has 0 radical (unpaired) electrons. The van der Waals surface area contributed by atoms with Crippen LogP contribution in [0.3, 0.4) is 0 Å². The molecule has 0 aliphatic heterocycles. The van der Waals surface area contributed by atoms with E-state index in [1.165, 1.54) is 0 Å². The van der Waals surface area contributed by atoms with Crippen molar-refractivity contribution in [3.05, 3.63) is 59.7 Å². The minimum atomic E-state index is -0.720. The highest BCUT2D eigenvalue weighted by Gasteiger charge is 2.09. The molecule has 5 nitrogen and oxygen atoms in total. The third kappa shape index (κ3) is 4.92. The largest absolute Gasteiger partial charge is 0.389 e. The van der Waals surface area contributed by atoms with Crippen molar-refractivity contribution >= 4 is 5.91 Å². The molecule has 0 saturated carbocycles. The summed E-state index contributed by atoms with van der Waals surface area (Å²) in [7, 11) is 0. The summed E-state index contributed by atoms with van der Waals surface area (Å²) in [6, 6.07) is 16.5. The van der Waals surface area contributed by atoms with Crippen LogP contribution in [0.15, 0.2) is 48.5 Å². The first-order valence-electron chi connectivity index (χ1n) is 7.78. The van der Waals surface area contributed by atoms with E-state index in [9.17, 15) is 9.90 Å². The van der Waals surface area contributed by atoms with Crippen LogP contribution < -0.4 is 5.32 Å². The molecule has 124 valence electrons. The second kappa shape index (κ2) is 8.82. The average molecular weight is 324 g/mol. The summed E-state index contributed by atoms with van der Waals surface area (Å²) in [6.07, 6.45) is -0.720. The van der Waals surface area contributed by atoms with Gasteiger partial charge in [-0.1, -0.05) is 24.3 Å². The summed E-state index contributed by atoms with van der Waals surface area (Å²) in [6.45, 7) is 2.72. The van der Waals surface area contributed by atoms with Crippen LogP contribution in [0.25, 0.3) is 11.1 Å². The Bertz CT molecular complexity index is 720. The molecule has 2 aromatic rings. The monoisotopic (exact) mass is 324 g/mol. The molecule has 1 amide bonds. The van der Waals surface area contributed by atoms with Gasteiger partial charge in [0.25, 0.3) is 5.91 Å². The van der Waals surface area contributed by atoms with Crippen molar-refractivity contribution in [2.24, 2.45) is 0 Å².